The number of ether oxygens (including phenoxy) is 1. The van der Waals surface area contributed by atoms with Gasteiger partial charge >= 0.3 is 5.97 Å². The lowest BCUT2D eigenvalue weighted by atomic mass is 9.84. The second-order valence-electron chi connectivity index (χ2n) is 5.21. The van der Waals surface area contributed by atoms with Crippen molar-refractivity contribution >= 4 is 40.4 Å². The van der Waals surface area contributed by atoms with Crippen molar-refractivity contribution in [1.29, 1.82) is 0 Å². The molecule has 1 aliphatic rings. The predicted octanol–water partition coefficient (Wildman–Crippen LogP) is 3.76. The number of halogens is 2. The highest BCUT2D eigenvalue weighted by Gasteiger charge is 2.38. The first-order chi connectivity index (χ1) is 11.4. The maximum atomic E-state index is 13.2. The number of aliphatic imine (C=N–C) groups is 1. The molecule has 8 heteroatoms. The fraction of sp³-hybridized carbons (Fsp3) is 0.188. The number of nitrogens with zero attached hydrogens (tertiary/aromatic N) is 3. The predicted molar refractivity (Wildman–Crippen MR) is 91.9 cm³/mol. The van der Waals surface area contributed by atoms with Gasteiger partial charge in [0.25, 0.3) is 0 Å². The molecule has 0 saturated carbocycles. The van der Waals surface area contributed by atoms with Crippen LogP contribution in [0.5, 0.6) is 0 Å². The highest BCUT2D eigenvalue weighted by Crippen LogP contribution is 2.38. The molecule has 1 unspecified atom stereocenters. The molecular formula is C16H13ClFN3O2S. The van der Waals surface area contributed by atoms with E-state index in [0.717, 1.165) is 0 Å². The third kappa shape index (κ3) is 2.92. The Hall–Kier alpha value is -2.25. The fourth-order valence-electron chi connectivity index (χ4n) is 2.38. The zero-order valence-electron chi connectivity index (χ0n) is 12.9. The molecular weight excluding hydrogens is 353 g/mol. The van der Waals surface area contributed by atoms with Crippen LogP contribution in [-0.4, -0.2) is 24.4 Å². The summed E-state index contributed by atoms with van der Waals surface area (Å²) in [6.07, 6.45) is 4.69. The summed E-state index contributed by atoms with van der Waals surface area (Å²) in [7, 11) is 1.30. The molecule has 1 atom stereocenters. The normalized spacial score (nSPS) is 20.0. The first-order valence-electron chi connectivity index (χ1n) is 6.96. The molecule has 24 heavy (non-hydrogen) atoms. The third-order valence-electron chi connectivity index (χ3n) is 3.73. The van der Waals surface area contributed by atoms with E-state index in [1.54, 1.807) is 36.5 Å². The molecule has 0 spiro atoms. The van der Waals surface area contributed by atoms with Gasteiger partial charge < -0.3 is 4.74 Å². The maximum Gasteiger partial charge on any atom is 0.338 e. The SMILES string of the molecule is COC(=O)C1=CN(c2ncc(Cl)s2)C=NC1(C)c1ccc(F)cc1. The number of thiazole rings is 1. The van der Waals surface area contributed by atoms with Crippen LogP contribution in [0.1, 0.15) is 12.5 Å². The van der Waals surface area contributed by atoms with Crippen LogP contribution in [0.25, 0.3) is 0 Å². The quantitative estimate of drug-likeness (QED) is 0.777. The van der Waals surface area contributed by atoms with Crippen molar-refractivity contribution in [2.75, 3.05) is 12.0 Å². The highest BCUT2D eigenvalue weighted by molar-refractivity contribution is 7.19. The fourth-order valence-corrected chi connectivity index (χ4v) is 3.23. The molecule has 1 aromatic heterocycles. The van der Waals surface area contributed by atoms with Gasteiger partial charge in [0, 0.05) is 6.20 Å². The van der Waals surface area contributed by atoms with Crippen LogP contribution in [0.4, 0.5) is 9.52 Å². The molecule has 0 fully saturated rings. The van der Waals surface area contributed by atoms with Crippen molar-refractivity contribution in [3.8, 4) is 0 Å². The summed E-state index contributed by atoms with van der Waals surface area (Å²) in [5, 5.41) is 0.575. The molecule has 5 nitrogen and oxygen atoms in total. The van der Waals surface area contributed by atoms with Crippen molar-refractivity contribution in [1.82, 2.24) is 4.98 Å². The number of carbonyl (C=O) groups excluding carboxylic acids is 1. The highest BCUT2D eigenvalue weighted by atomic mass is 35.5. The summed E-state index contributed by atoms with van der Waals surface area (Å²) in [5.74, 6) is -0.879. The molecule has 1 aromatic carbocycles. The first kappa shape index (κ1) is 16.6. The number of carbonyl (C=O) groups is 1. The Balaban J connectivity index is 2.06. The minimum Gasteiger partial charge on any atom is -0.466 e. The lowest BCUT2D eigenvalue weighted by molar-refractivity contribution is -0.136. The van der Waals surface area contributed by atoms with Crippen molar-refractivity contribution in [2.45, 2.75) is 12.5 Å². The summed E-state index contributed by atoms with van der Waals surface area (Å²) in [6.45, 7) is 1.77. The molecule has 124 valence electrons. The van der Waals surface area contributed by atoms with E-state index in [0.29, 0.717) is 20.6 Å². The Morgan fingerprint density at radius 3 is 2.67 bits per heavy atom. The molecule has 2 heterocycles. The van der Waals surface area contributed by atoms with Gasteiger partial charge in [0.05, 0.1) is 25.2 Å². The summed E-state index contributed by atoms with van der Waals surface area (Å²) >= 11 is 7.17. The van der Waals surface area contributed by atoms with E-state index in [1.165, 1.54) is 36.8 Å². The second-order valence-corrected chi connectivity index (χ2v) is 6.85. The number of benzene rings is 1. The summed E-state index contributed by atoms with van der Waals surface area (Å²) in [5.41, 5.74) is -0.00252. The van der Waals surface area contributed by atoms with Gasteiger partial charge in [-0.1, -0.05) is 35.1 Å². The molecule has 0 saturated heterocycles. The van der Waals surface area contributed by atoms with E-state index >= 15 is 0 Å². The Kier molecular flexibility index (Phi) is 4.38. The lowest BCUT2D eigenvalue weighted by Crippen LogP contribution is -2.35. The molecule has 0 bridgehead atoms. The number of anilines is 1. The zero-order valence-corrected chi connectivity index (χ0v) is 14.4. The lowest BCUT2D eigenvalue weighted by Gasteiger charge is -2.32. The van der Waals surface area contributed by atoms with Crippen molar-refractivity contribution in [2.24, 2.45) is 4.99 Å². The summed E-state index contributed by atoms with van der Waals surface area (Å²) < 4.78 is 18.6. The second kappa shape index (κ2) is 6.33. The molecule has 0 N–H and O–H groups in total. The first-order valence-corrected chi connectivity index (χ1v) is 8.15. The number of rotatable bonds is 3. The number of esters is 1. The maximum absolute atomic E-state index is 13.2. The summed E-state index contributed by atoms with van der Waals surface area (Å²) in [6, 6.07) is 5.86. The van der Waals surface area contributed by atoms with Gasteiger partial charge in [-0.25, -0.2) is 14.2 Å². The molecule has 0 aliphatic carbocycles. The molecule has 1 aliphatic heterocycles. The zero-order chi connectivity index (χ0) is 17.3. The van der Waals surface area contributed by atoms with Gasteiger partial charge in [0.15, 0.2) is 5.13 Å². The van der Waals surface area contributed by atoms with E-state index in [9.17, 15) is 9.18 Å². The van der Waals surface area contributed by atoms with Crippen molar-refractivity contribution in [3.63, 3.8) is 0 Å². The van der Waals surface area contributed by atoms with Crippen molar-refractivity contribution < 1.29 is 13.9 Å². The van der Waals surface area contributed by atoms with Crippen LogP contribution in [0.3, 0.4) is 0 Å². The molecule has 0 radical (unpaired) electrons. The van der Waals surface area contributed by atoms with Gasteiger partial charge in [-0.2, -0.15) is 0 Å². The van der Waals surface area contributed by atoms with E-state index in [4.69, 9.17) is 16.3 Å². The van der Waals surface area contributed by atoms with E-state index < -0.39 is 11.5 Å². The number of hydrogen-bond acceptors (Lipinski definition) is 6. The average Bonchev–Trinajstić information content (AvgIpc) is 3.01. The van der Waals surface area contributed by atoms with Crippen LogP contribution in [0.2, 0.25) is 4.34 Å². The van der Waals surface area contributed by atoms with Crippen LogP contribution in [0.15, 0.2) is 47.2 Å². The Morgan fingerprint density at radius 1 is 1.38 bits per heavy atom. The summed E-state index contributed by atoms with van der Waals surface area (Å²) in [4.78, 5) is 22.6. The molecule has 3 rings (SSSR count). The van der Waals surface area contributed by atoms with E-state index in [-0.39, 0.29) is 5.82 Å². The van der Waals surface area contributed by atoms with Gasteiger partial charge in [0.1, 0.15) is 15.7 Å². The van der Waals surface area contributed by atoms with Crippen LogP contribution in [-0.2, 0) is 15.1 Å². The number of hydrogen-bond donors (Lipinski definition) is 0. The smallest absolute Gasteiger partial charge is 0.338 e. The number of aromatic nitrogens is 1. The van der Waals surface area contributed by atoms with Gasteiger partial charge in [0.2, 0.25) is 0 Å². The van der Waals surface area contributed by atoms with Gasteiger partial charge in [-0.05, 0) is 24.6 Å². The third-order valence-corrected chi connectivity index (χ3v) is 4.86. The Labute approximate surface area is 147 Å². The topological polar surface area (TPSA) is 54.8 Å². The monoisotopic (exact) mass is 365 g/mol. The largest absolute Gasteiger partial charge is 0.466 e. The Morgan fingerprint density at radius 2 is 2.08 bits per heavy atom. The van der Waals surface area contributed by atoms with Crippen molar-refractivity contribution in [3.05, 3.63) is 58.0 Å². The van der Waals surface area contributed by atoms with Crippen LogP contribution < -0.4 is 4.90 Å². The minimum absolute atomic E-state index is 0.311. The minimum atomic E-state index is -0.988. The van der Waals surface area contributed by atoms with Crippen LogP contribution in [0, 0.1) is 5.82 Å². The molecule has 2 aromatic rings. The van der Waals surface area contributed by atoms with Gasteiger partial charge in [-0.3, -0.25) is 9.89 Å². The Bertz CT molecular complexity index is 834. The van der Waals surface area contributed by atoms with E-state index in [1.807, 2.05) is 0 Å². The van der Waals surface area contributed by atoms with Gasteiger partial charge in [-0.15, -0.1) is 0 Å². The molecule has 0 amide bonds. The average molecular weight is 366 g/mol. The standard InChI is InChI=1S/C16H13ClFN3O2S/c1-16(10-3-5-11(18)6-4-10)12(14(22)23-2)8-21(9-20-16)15-19-7-13(17)24-15/h3-9H,1-2H3. The van der Waals surface area contributed by atoms with Crippen LogP contribution >= 0.6 is 22.9 Å². The number of methoxy groups -OCH3 is 1. The van der Waals surface area contributed by atoms with E-state index in [2.05, 4.69) is 9.98 Å².